The highest BCUT2D eigenvalue weighted by Crippen LogP contribution is 2.19. The number of aromatic nitrogens is 2. The van der Waals surface area contributed by atoms with Gasteiger partial charge in [0.15, 0.2) is 0 Å². The molecular formula is C13H14ClN3O. The molecule has 5 heteroatoms. The van der Waals surface area contributed by atoms with Crippen LogP contribution in [0, 0.1) is 20.8 Å². The van der Waals surface area contributed by atoms with Crippen molar-refractivity contribution in [3.63, 3.8) is 0 Å². The van der Waals surface area contributed by atoms with E-state index in [4.69, 9.17) is 11.6 Å². The number of amides is 1. The summed E-state index contributed by atoms with van der Waals surface area (Å²) in [4.78, 5) is 12.1. The molecule has 0 bridgehead atoms. The summed E-state index contributed by atoms with van der Waals surface area (Å²) in [5.74, 6) is -0.187. The summed E-state index contributed by atoms with van der Waals surface area (Å²) < 4.78 is 0. The molecule has 4 nitrogen and oxygen atoms in total. The van der Waals surface area contributed by atoms with Crippen LogP contribution in [-0.2, 0) is 0 Å². The van der Waals surface area contributed by atoms with Gasteiger partial charge in [-0.2, -0.15) is 5.10 Å². The smallest absolute Gasteiger partial charge is 0.255 e. The molecule has 2 aromatic rings. The summed E-state index contributed by atoms with van der Waals surface area (Å²) in [6, 6.07) is 5.26. The van der Waals surface area contributed by atoms with Crippen LogP contribution >= 0.6 is 11.6 Å². The topological polar surface area (TPSA) is 57.8 Å². The number of H-pyrrole nitrogens is 1. The third-order valence-corrected chi connectivity index (χ3v) is 2.89. The summed E-state index contributed by atoms with van der Waals surface area (Å²) in [5, 5.41) is 10.3. The van der Waals surface area contributed by atoms with Gasteiger partial charge in [-0.25, -0.2) is 0 Å². The Bertz CT molecular complexity index is 565. The van der Waals surface area contributed by atoms with Gasteiger partial charge in [0.05, 0.1) is 17.1 Å². The molecule has 0 saturated carbocycles. The lowest BCUT2D eigenvalue weighted by atomic mass is 10.1. The molecule has 0 saturated heterocycles. The van der Waals surface area contributed by atoms with E-state index < -0.39 is 0 Å². The zero-order valence-electron chi connectivity index (χ0n) is 10.5. The number of aryl methyl sites for hydroxylation is 3. The van der Waals surface area contributed by atoms with E-state index in [1.807, 2.05) is 26.8 Å². The monoisotopic (exact) mass is 263 g/mol. The molecule has 18 heavy (non-hydrogen) atoms. The number of aromatic amines is 1. The van der Waals surface area contributed by atoms with E-state index in [1.54, 1.807) is 12.1 Å². The first-order valence-electron chi connectivity index (χ1n) is 5.57. The molecule has 2 N–H and O–H groups in total. The van der Waals surface area contributed by atoms with Gasteiger partial charge in [-0.3, -0.25) is 9.89 Å². The highest BCUT2D eigenvalue weighted by atomic mass is 35.5. The maximum absolute atomic E-state index is 12.1. The SMILES string of the molecule is Cc1cc(Cl)cc(C(=O)Nc2c(C)n[nH]c2C)c1. The van der Waals surface area contributed by atoms with Crippen LogP contribution < -0.4 is 5.32 Å². The van der Waals surface area contributed by atoms with E-state index in [-0.39, 0.29) is 5.91 Å². The van der Waals surface area contributed by atoms with Gasteiger partial charge >= 0.3 is 0 Å². The van der Waals surface area contributed by atoms with Crippen LogP contribution in [0.15, 0.2) is 18.2 Å². The Kier molecular flexibility index (Phi) is 3.39. The minimum Gasteiger partial charge on any atom is -0.319 e. The predicted molar refractivity (Wildman–Crippen MR) is 72.2 cm³/mol. The number of halogens is 1. The minimum absolute atomic E-state index is 0.187. The molecule has 0 unspecified atom stereocenters. The van der Waals surface area contributed by atoms with Gasteiger partial charge in [-0.1, -0.05) is 11.6 Å². The number of carbonyl (C=O) groups is 1. The fourth-order valence-corrected chi connectivity index (χ4v) is 2.08. The second kappa shape index (κ2) is 4.82. The first-order valence-corrected chi connectivity index (χ1v) is 5.95. The van der Waals surface area contributed by atoms with Crippen molar-refractivity contribution in [2.24, 2.45) is 0 Å². The summed E-state index contributed by atoms with van der Waals surface area (Å²) in [6.45, 7) is 5.60. The third kappa shape index (κ3) is 2.54. The average Bonchev–Trinajstić information content (AvgIpc) is 2.59. The van der Waals surface area contributed by atoms with Crippen molar-refractivity contribution in [3.8, 4) is 0 Å². The van der Waals surface area contributed by atoms with Gasteiger partial charge in [-0.05, 0) is 44.5 Å². The number of rotatable bonds is 2. The molecule has 0 radical (unpaired) electrons. The molecule has 0 aliphatic carbocycles. The minimum atomic E-state index is -0.187. The van der Waals surface area contributed by atoms with Crippen LogP contribution in [0.1, 0.15) is 27.3 Å². The van der Waals surface area contributed by atoms with Gasteiger partial charge < -0.3 is 5.32 Å². The van der Waals surface area contributed by atoms with Gasteiger partial charge in [0.2, 0.25) is 0 Å². The normalized spacial score (nSPS) is 10.4. The average molecular weight is 264 g/mol. The van der Waals surface area contributed by atoms with E-state index in [9.17, 15) is 4.79 Å². The predicted octanol–water partition coefficient (Wildman–Crippen LogP) is 3.24. The molecule has 1 amide bonds. The Morgan fingerprint density at radius 3 is 2.56 bits per heavy atom. The second-order valence-corrected chi connectivity index (χ2v) is 4.72. The molecule has 1 heterocycles. The van der Waals surface area contributed by atoms with Crippen molar-refractivity contribution in [2.45, 2.75) is 20.8 Å². The van der Waals surface area contributed by atoms with E-state index in [0.29, 0.717) is 10.6 Å². The highest BCUT2D eigenvalue weighted by Gasteiger charge is 2.12. The first kappa shape index (κ1) is 12.6. The molecule has 0 spiro atoms. The van der Waals surface area contributed by atoms with Crippen molar-refractivity contribution in [1.29, 1.82) is 0 Å². The number of nitrogens with zero attached hydrogens (tertiary/aromatic N) is 1. The van der Waals surface area contributed by atoms with Gasteiger partial charge in [-0.15, -0.1) is 0 Å². The lowest BCUT2D eigenvalue weighted by Gasteiger charge is -2.06. The van der Waals surface area contributed by atoms with Crippen LogP contribution in [0.2, 0.25) is 5.02 Å². The number of hydrogen-bond donors (Lipinski definition) is 2. The Morgan fingerprint density at radius 1 is 1.28 bits per heavy atom. The Labute approximate surface area is 110 Å². The first-order chi connectivity index (χ1) is 8.47. The zero-order valence-corrected chi connectivity index (χ0v) is 11.2. The number of carbonyl (C=O) groups excluding carboxylic acids is 1. The number of benzene rings is 1. The van der Waals surface area contributed by atoms with Gasteiger partial charge in [0.25, 0.3) is 5.91 Å². The Morgan fingerprint density at radius 2 is 2.00 bits per heavy atom. The van der Waals surface area contributed by atoms with Crippen molar-refractivity contribution in [2.75, 3.05) is 5.32 Å². The molecule has 1 aromatic heterocycles. The number of nitrogens with one attached hydrogen (secondary N) is 2. The Balaban J connectivity index is 2.27. The fraction of sp³-hybridized carbons (Fsp3) is 0.231. The van der Waals surface area contributed by atoms with Gasteiger partial charge in [0.1, 0.15) is 0 Å². The summed E-state index contributed by atoms with van der Waals surface area (Å²) in [5.41, 5.74) is 3.81. The van der Waals surface area contributed by atoms with E-state index in [2.05, 4.69) is 15.5 Å². The zero-order chi connectivity index (χ0) is 13.3. The quantitative estimate of drug-likeness (QED) is 0.874. The summed E-state index contributed by atoms with van der Waals surface area (Å²) in [6.07, 6.45) is 0. The van der Waals surface area contributed by atoms with Crippen LogP contribution in [0.4, 0.5) is 5.69 Å². The van der Waals surface area contributed by atoms with Crippen LogP contribution in [0.25, 0.3) is 0 Å². The van der Waals surface area contributed by atoms with E-state index >= 15 is 0 Å². The number of hydrogen-bond acceptors (Lipinski definition) is 2. The molecule has 0 aliphatic heterocycles. The molecule has 94 valence electrons. The van der Waals surface area contributed by atoms with Crippen molar-refractivity contribution >= 4 is 23.2 Å². The van der Waals surface area contributed by atoms with E-state index in [0.717, 1.165) is 22.6 Å². The fourth-order valence-electron chi connectivity index (χ4n) is 1.79. The van der Waals surface area contributed by atoms with Crippen LogP contribution in [0.5, 0.6) is 0 Å². The van der Waals surface area contributed by atoms with Crippen molar-refractivity contribution < 1.29 is 4.79 Å². The molecule has 0 aliphatic rings. The molecule has 0 atom stereocenters. The van der Waals surface area contributed by atoms with E-state index in [1.165, 1.54) is 0 Å². The maximum atomic E-state index is 12.1. The third-order valence-electron chi connectivity index (χ3n) is 2.67. The molecular weight excluding hydrogens is 250 g/mol. The second-order valence-electron chi connectivity index (χ2n) is 4.28. The summed E-state index contributed by atoms with van der Waals surface area (Å²) >= 11 is 5.94. The lowest BCUT2D eigenvalue weighted by molar-refractivity contribution is 0.102. The van der Waals surface area contributed by atoms with Crippen LogP contribution in [0.3, 0.4) is 0 Å². The van der Waals surface area contributed by atoms with Crippen molar-refractivity contribution in [3.05, 3.63) is 45.7 Å². The van der Waals surface area contributed by atoms with Gasteiger partial charge in [0, 0.05) is 10.6 Å². The maximum Gasteiger partial charge on any atom is 0.255 e. The molecule has 2 rings (SSSR count). The van der Waals surface area contributed by atoms with Crippen LogP contribution in [-0.4, -0.2) is 16.1 Å². The van der Waals surface area contributed by atoms with Crippen molar-refractivity contribution in [1.82, 2.24) is 10.2 Å². The summed E-state index contributed by atoms with van der Waals surface area (Å²) in [7, 11) is 0. The standard InChI is InChI=1S/C13H14ClN3O/c1-7-4-10(6-11(14)5-7)13(18)15-12-8(2)16-17-9(12)3/h4-6H,1-3H3,(H,15,18)(H,16,17). The molecule has 1 aromatic carbocycles. The number of anilines is 1. The molecule has 0 fully saturated rings. The highest BCUT2D eigenvalue weighted by molar-refractivity contribution is 6.31. The Hall–Kier alpha value is -1.81. The largest absolute Gasteiger partial charge is 0.319 e. The lowest BCUT2D eigenvalue weighted by Crippen LogP contribution is -2.13.